The van der Waals surface area contributed by atoms with E-state index in [4.69, 9.17) is 9.72 Å². The largest absolute Gasteiger partial charge is 0.478 e. The van der Waals surface area contributed by atoms with Gasteiger partial charge in [-0.05, 0) is 54.4 Å². The molecule has 0 radical (unpaired) electrons. The van der Waals surface area contributed by atoms with Gasteiger partial charge >= 0.3 is 5.97 Å². The maximum Gasteiger partial charge on any atom is 0.336 e. The molecule has 3 aromatic rings. The molecular weight excluding hydrogens is 498 g/mol. The minimum absolute atomic E-state index is 0.0750. The number of nitrogens with zero attached hydrogens (tertiary/aromatic N) is 2. The first-order valence-electron chi connectivity index (χ1n) is 13.4. The predicted molar refractivity (Wildman–Crippen MR) is 152 cm³/mol. The molecule has 8 heteroatoms. The number of ether oxygens (including phenoxy) is 1. The number of imidazole rings is 1. The van der Waals surface area contributed by atoms with Crippen LogP contribution in [0.2, 0.25) is 0 Å². The first kappa shape index (κ1) is 27.8. The number of carboxylic acid groups (broad SMARTS) is 1. The molecule has 0 spiro atoms. The van der Waals surface area contributed by atoms with E-state index in [9.17, 15) is 14.7 Å². The standard InChI is InChI=1S/C30H37N3O4S/c1-4-15-37-30-32-27(22-13-14-22)25(17-31-28(34)26(38)16-19(2)3)33(30)18-20-9-11-21(12-10-20)23-7-5-6-8-24(23)29(35)36/h5-12,19,22,26,38H,4,13-18H2,1-3H3,(H,31,34)(H,35,36)/t26-/m0/s1. The van der Waals surface area contributed by atoms with Gasteiger partial charge < -0.3 is 15.2 Å². The van der Waals surface area contributed by atoms with Gasteiger partial charge in [0.2, 0.25) is 5.91 Å². The molecule has 1 heterocycles. The van der Waals surface area contributed by atoms with E-state index in [0.717, 1.165) is 41.8 Å². The molecule has 1 amide bonds. The summed E-state index contributed by atoms with van der Waals surface area (Å²) in [5.41, 5.74) is 4.80. The highest BCUT2D eigenvalue weighted by atomic mass is 32.1. The first-order valence-corrected chi connectivity index (χ1v) is 13.9. The van der Waals surface area contributed by atoms with Crippen molar-refractivity contribution in [1.82, 2.24) is 14.9 Å². The first-order chi connectivity index (χ1) is 18.3. The van der Waals surface area contributed by atoms with Crippen LogP contribution in [0.5, 0.6) is 6.01 Å². The third kappa shape index (κ3) is 6.78. The second-order valence-corrected chi connectivity index (χ2v) is 11.0. The van der Waals surface area contributed by atoms with Crippen LogP contribution < -0.4 is 10.1 Å². The van der Waals surface area contributed by atoms with Crippen molar-refractivity contribution in [3.8, 4) is 17.1 Å². The maximum absolute atomic E-state index is 12.8. The van der Waals surface area contributed by atoms with Crippen LogP contribution in [-0.2, 0) is 17.9 Å². The number of hydrogen-bond donors (Lipinski definition) is 3. The molecule has 2 N–H and O–H groups in total. The number of carbonyl (C=O) groups excluding carboxylic acids is 1. The lowest BCUT2D eigenvalue weighted by atomic mass is 9.99. The molecule has 0 saturated heterocycles. The van der Waals surface area contributed by atoms with Gasteiger partial charge in [-0.2, -0.15) is 17.6 Å². The molecule has 0 bridgehead atoms. The Bertz CT molecular complexity index is 1270. The molecule has 7 nitrogen and oxygen atoms in total. The number of nitrogens with one attached hydrogen (secondary N) is 1. The Morgan fingerprint density at radius 2 is 1.87 bits per heavy atom. The van der Waals surface area contributed by atoms with Crippen LogP contribution in [0.1, 0.15) is 79.7 Å². The normalized spacial score (nSPS) is 13.9. The van der Waals surface area contributed by atoms with Crippen molar-refractivity contribution >= 4 is 24.5 Å². The van der Waals surface area contributed by atoms with Gasteiger partial charge in [0.25, 0.3) is 6.01 Å². The fourth-order valence-electron chi connectivity index (χ4n) is 4.55. The van der Waals surface area contributed by atoms with Gasteiger partial charge in [-0.25, -0.2) is 4.79 Å². The molecule has 0 unspecified atom stereocenters. The molecule has 1 aliphatic rings. The number of aromatic carboxylic acids is 1. The van der Waals surface area contributed by atoms with Crippen molar-refractivity contribution in [2.45, 2.75) is 70.7 Å². The zero-order valence-corrected chi connectivity index (χ0v) is 23.2. The number of rotatable bonds is 13. The quantitative estimate of drug-likeness (QED) is 0.236. The van der Waals surface area contributed by atoms with E-state index in [1.165, 1.54) is 0 Å². The molecule has 0 aliphatic heterocycles. The molecular formula is C30H37N3O4S. The van der Waals surface area contributed by atoms with Crippen molar-refractivity contribution in [3.63, 3.8) is 0 Å². The van der Waals surface area contributed by atoms with E-state index >= 15 is 0 Å². The predicted octanol–water partition coefficient (Wildman–Crippen LogP) is 5.92. The number of carbonyl (C=O) groups is 2. The summed E-state index contributed by atoms with van der Waals surface area (Å²) < 4.78 is 8.13. The molecule has 1 atom stereocenters. The Morgan fingerprint density at radius 3 is 2.50 bits per heavy atom. The van der Waals surface area contributed by atoms with Crippen molar-refractivity contribution < 1.29 is 19.4 Å². The third-order valence-corrected chi connectivity index (χ3v) is 7.10. The second kappa shape index (κ2) is 12.5. The Kier molecular flexibility index (Phi) is 9.15. The number of thiol groups is 1. The van der Waals surface area contributed by atoms with Crippen LogP contribution in [0.4, 0.5) is 0 Å². The van der Waals surface area contributed by atoms with Crippen LogP contribution >= 0.6 is 12.6 Å². The zero-order chi connectivity index (χ0) is 27.2. The highest BCUT2D eigenvalue weighted by Crippen LogP contribution is 2.42. The van der Waals surface area contributed by atoms with Gasteiger partial charge in [0.15, 0.2) is 0 Å². The molecule has 2 aromatic carbocycles. The minimum Gasteiger partial charge on any atom is -0.478 e. The average molecular weight is 536 g/mol. The molecule has 1 aliphatic carbocycles. The third-order valence-electron chi connectivity index (χ3n) is 6.66. The van der Waals surface area contributed by atoms with Crippen LogP contribution in [0.3, 0.4) is 0 Å². The van der Waals surface area contributed by atoms with Crippen molar-refractivity contribution in [3.05, 3.63) is 71.0 Å². The SMILES string of the molecule is CCCOc1nc(C2CC2)c(CNC(=O)[C@@H](S)CC(C)C)n1Cc1ccc(-c2ccccc2C(=O)O)cc1. The monoisotopic (exact) mass is 535 g/mol. The Labute approximate surface area is 230 Å². The van der Waals surface area contributed by atoms with E-state index in [2.05, 4.69) is 43.3 Å². The summed E-state index contributed by atoms with van der Waals surface area (Å²) in [5.74, 6) is -0.245. The van der Waals surface area contributed by atoms with Crippen molar-refractivity contribution in [2.24, 2.45) is 5.92 Å². The Balaban J connectivity index is 1.61. The summed E-state index contributed by atoms with van der Waals surface area (Å²) in [6.07, 6.45) is 3.76. The molecule has 202 valence electrons. The van der Waals surface area contributed by atoms with Crippen molar-refractivity contribution in [2.75, 3.05) is 6.61 Å². The van der Waals surface area contributed by atoms with Crippen LogP contribution in [-0.4, -0.2) is 38.4 Å². The van der Waals surface area contributed by atoms with Gasteiger partial charge in [0.05, 0.1) is 41.9 Å². The Morgan fingerprint density at radius 1 is 1.16 bits per heavy atom. The zero-order valence-electron chi connectivity index (χ0n) is 22.3. The van der Waals surface area contributed by atoms with Gasteiger partial charge in [0, 0.05) is 5.92 Å². The number of aromatic nitrogens is 2. The number of hydrogen-bond acceptors (Lipinski definition) is 5. The summed E-state index contributed by atoms with van der Waals surface area (Å²) in [5, 5.41) is 12.3. The summed E-state index contributed by atoms with van der Waals surface area (Å²) in [6, 6.07) is 15.5. The number of amides is 1. The fourth-order valence-corrected chi connectivity index (χ4v) is 5.07. The maximum atomic E-state index is 12.8. The van der Waals surface area contributed by atoms with E-state index in [-0.39, 0.29) is 16.7 Å². The number of carboxylic acids is 1. The fraction of sp³-hybridized carbons (Fsp3) is 0.433. The lowest BCUT2D eigenvalue weighted by Crippen LogP contribution is -2.32. The van der Waals surface area contributed by atoms with E-state index in [0.29, 0.717) is 49.5 Å². The van der Waals surface area contributed by atoms with Gasteiger partial charge in [-0.3, -0.25) is 9.36 Å². The Hall–Kier alpha value is -3.26. The summed E-state index contributed by atoms with van der Waals surface area (Å²) in [6.45, 7) is 7.68. The lowest BCUT2D eigenvalue weighted by molar-refractivity contribution is -0.121. The smallest absolute Gasteiger partial charge is 0.336 e. The van der Waals surface area contributed by atoms with Crippen molar-refractivity contribution in [1.29, 1.82) is 0 Å². The van der Waals surface area contributed by atoms with Crippen LogP contribution in [0.15, 0.2) is 48.5 Å². The molecule has 38 heavy (non-hydrogen) atoms. The summed E-state index contributed by atoms with van der Waals surface area (Å²) >= 11 is 4.51. The number of benzene rings is 2. The van der Waals surface area contributed by atoms with E-state index in [1.807, 2.05) is 36.4 Å². The topological polar surface area (TPSA) is 93.5 Å². The molecule has 4 rings (SSSR count). The molecule has 1 saturated carbocycles. The van der Waals surface area contributed by atoms with E-state index in [1.54, 1.807) is 12.1 Å². The van der Waals surface area contributed by atoms with E-state index < -0.39 is 5.97 Å². The van der Waals surface area contributed by atoms with Crippen LogP contribution in [0, 0.1) is 5.92 Å². The van der Waals surface area contributed by atoms with Crippen LogP contribution in [0.25, 0.3) is 11.1 Å². The van der Waals surface area contributed by atoms with Gasteiger partial charge in [0.1, 0.15) is 0 Å². The van der Waals surface area contributed by atoms with Gasteiger partial charge in [-0.15, -0.1) is 0 Å². The lowest BCUT2D eigenvalue weighted by Gasteiger charge is -2.16. The summed E-state index contributed by atoms with van der Waals surface area (Å²) in [7, 11) is 0. The highest BCUT2D eigenvalue weighted by molar-refractivity contribution is 7.81. The minimum atomic E-state index is -0.947. The average Bonchev–Trinajstić information content (AvgIpc) is 3.69. The van der Waals surface area contributed by atoms with Gasteiger partial charge in [-0.1, -0.05) is 63.2 Å². The molecule has 1 aromatic heterocycles. The molecule has 1 fully saturated rings. The second-order valence-electron chi connectivity index (χ2n) is 10.3. The highest BCUT2D eigenvalue weighted by Gasteiger charge is 2.32. The summed E-state index contributed by atoms with van der Waals surface area (Å²) in [4.78, 5) is 29.3.